The van der Waals surface area contributed by atoms with E-state index in [1.54, 1.807) is 24.3 Å². The maximum Gasteiger partial charge on any atom is 0.251 e. The first-order valence-electron chi connectivity index (χ1n) is 9.11. The lowest BCUT2D eigenvalue weighted by Gasteiger charge is -2.38. The molecule has 0 N–H and O–H groups in total. The molecular weight excluding hydrogens is 501 g/mol. The fraction of sp³-hybridized carbons (Fsp3) is 0.300. The van der Waals surface area contributed by atoms with Crippen molar-refractivity contribution in [3.63, 3.8) is 0 Å². The molecule has 0 spiro atoms. The molecule has 0 aliphatic carbocycles. The van der Waals surface area contributed by atoms with Crippen LogP contribution in [0.3, 0.4) is 0 Å². The quantitative estimate of drug-likeness (QED) is 0.546. The molecule has 2 heterocycles. The van der Waals surface area contributed by atoms with Crippen molar-refractivity contribution in [2.24, 2.45) is 0 Å². The first kappa shape index (κ1) is 20.9. The standard InChI is InChI=1S/C20H17BrCl3N3O2/c21-14-3-1-13(10-16(14)23)27-19(28)11-18(20(27)29)26-7-5-25(6-8-26)12-2-4-15(22)17(24)9-12/h1-4,9-10,18H,5-8,11H2. The molecule has 2 aliphatic rings. The van der Waals surface area contributed by atoms with Crippen LogP contribution in [0, 0.1) is 0 Å². The van der Waals surface area contributed by atoms with Crippen LogP contribution in [0.1, 0.15) is 6.42 Å². The smallest absolute Gasteiger partial charge is 0.251 e. The number of carbonyl (C=O) groups is 2. The van der Waals surface area contributed by atoms with E-state index in [0.29, 0.717) is 33.8 Å². The van der Waals surface area contributed by atoms with Crippen molar-refractivity contribution in [1.82, 2.24) is 4.90 Å². The second-order valence-electron chi connectivity index (χ2n) is 7.01. The average Bonchev–Trinajstić information content (AvgIpc) is 3.00. The van der Waals surface area contributed by atoms with Crippen LogP contribution in [0.4, 0.5) is 11.4 Å². The molecule has 0 aromatic heterocycles. The largest absolute Gasteiger partial charge is 0.369 e. The van der Waals surface area contributed by atoms with Crippen molar-refractivity contribution in [2.75, 3.05) is 36.0 Å². The number of halogens is 4. The first-order valence-corrected chi connectivity index (χ1v) is 11.0. The Morgan fingerprint density at radius 2 is 1.48 bits per heavy atom. The number of hydrogen-bond donors (Lipinski definition) is 0. The molecule has 152 valence electrons. The van der Waals surface area contributed by atoms with E-state index in [2.05, 4.69) is 25.7 Å². The summed E-state index contributed by atoms with van der Waals surface area (Å²) in [7, 11) is 0. The first-order chi connectivity index (χ1) is 13.8. The van der Waals surface area contributed by atoms with Crippen LogP contribution in [0.25, 0.3) is 0 Å². The van der Waals surface area contributed by atoms with Gasteiger partial charge in [0, 0.05) is 36.3 Å². The monoisotopic (exact) mass is 515 g/mol. The van der Waals surface area contributed by atoms with Crippen molar-refractivity contribution in [3.05, 3.63) is 55.9 Å². The highest BCUT2D eigenvalue weighted by Crippen LogP contribution is 2.32. The third-order valence-corrected chi connectivity index (χ3v) is 7.28. The number of piperazine rings is 1. The third-order valence-electron chi connectivity index (χ3n) is 5.31. The Hall–Kier alpha value is -1.31. The molecule has 9 heteroatoms. The van der Waals surface area contributed by atoms with Gasteiger partial charge >= 0.3 is 0 Å². The fourth-order valence-corrected chi connectivity index (χ4v) is 4.48. The minimum absolute atomic E-state index is 0.180. The molecule has 4 rings (SSSR count). The molecule has 1 atom stereocenters. The van der Waals surface area contributed by atoms with E-state index >= 15 is 0 Å². The topological polar surface area (TPSA) is 43.9 Å². The maximum absolute atomic E-state index is 13.0. The molecule has 5 nitrogen and oxygen atoms in total. The number of imide groups is 1. The Morgan fingerprint density at radius 3 is 2.14 bits per heavy atom. The van der Waals surface area contributed by atoms with Gasteiger partial charge in [0.1, 0.15) is 0 Å². The van der Waals surface area contributed by atoms with Crippen molar-refractivity contribution >= 4 is 73.9 Å². The summed E-state index contributed by atoms with van der Waals surface area (Å²) >= 11 is 21.6. The number of amides is 2. The number of anilines is 2. The highest BCUT2D eigenvalue weighted by Gasteiger charge is 2.43. The minimum atomic E-state index is -0.444. The van der Waals surface area contributed by atoms with Crippen LogP contribution in [0.2, 0.25) is 15.1 Å². The molecule has 2 saturated heterocycles. The van der Waals surface area contributed by atoms with Crippen LogP contribution >= 0.6 is 50.7 Å². The molecular formula is C20H17BrCl3N3O2. The van der Waals surface area contributed by atoms with Gasteiger partial charge in [0.15, 0.2) is 0 Å². The molecule has 2 aliphatic heterocycles. The zero-order valence-electron chi connectivity index (χ0n) is 15.2. The summed E-state index contributed by atoms with van der Waals surface area (Å²) in [5, 5.41) is 1.51. The van der Waals surface area contributed by atoms with Crippen molar-refractivity contribution in [1.29, 1.82) is 0 Å². The summed E-state index contributed by atoms with van der Waals surface area (Å²) in [5.74, 6) is -0.401. The predicted molar refractivity (Wildman–Crippen MR) is 120 cm³/mol. The lowest BCUT2D eigenvalue weighted by molar-refractivity contribution is -0.123. The SMILES string of the molecule is O=C1CC(N2CCN(c3ccc(Cl)c(Cl)c3)CC2)C(=O)N1c1ccc(Br)c(Cl)c1. The van der Waals surface area contributed by atoms with Crippen LogP contribution in [-0.2, 0) is 9.59 Å². The summed E-state index contributed by atoms with van der Waals surface area (Å²) in [6.07, 6.45) is 0.180. The normalized spacial score (nSPS) is 20.6. The van der Waals surface area contributed by atoms with Gasteiger partial charge in [0.25, 0.3) is 5.91 Å². The van der Waals surface area contributed by atoms with Gasteiger partial charge in [-0.15, -0.1) is 0 Å². The Balaban J connectivity index is 1.45. The summed E-state index contributed by atoms with van der Waals surface area (Å²) in [6.45, 7) is 2.83. The fourth-order valence-electron chi connectivity index (χ4n) is 3.77. The van der Waals surface area contributed by atoms with Gasteiger partial charge in [-0.3, -0.25) is 14.5 Å². The summed E-state index contributed by atoms with van der Waals surface area (Å²) in [6, 6.07) is 10.2. The minimum Gasteiger partial charge on any atom is -0.369 e. The highest BCUT2D eigenvalue weighted by molar-refractivity contribution is 9.10. The average molecular weight is 518 g/mol. The van der Waals surface area contributed by atoms with E-state index in [1.807, 2.05) is 12.1 Å². The van der Waals surface area contributed by atoms with Crippen molar-refractivity contribution < 1.29 is 9.59 Å². The molecule has 2 fully saturated rings. The Labute approximate surface area is 192 Å². The number of hydrogen-bond acceptors (Lipinski definition) is 4. The van der Waals surface area contributed by atoms with E-state index in [4.69, 9.17) is 34.8 Å². The van der Waals surface area contributed by atoms with Gasteiger partial charge < -0.3 is 4.90 Å². The van der Waals surface area contributed by atoms with E-state index in [-0.39, 0.29) is 18.2 Å². The van der Waals surface area contributed by atoms with E-state index in [1.165, 1.54) is 4.90 Å². The summed E-state index contributed by atoms with van der Waals surface area (Å²) < 4.78 is 0.719. The zero-order chi connectivity index (χ0) is 20.7. The van der Waals surface area contributed by atoms with E-state index in [0.717, 1.165) is 23.2 Å². The zero-order valence-corrected chi connectivity index (χ0v) is 19.1. The molecule has 2 amide bonds. The molecule has 1 unspecified atom stereocenters. The molecule has 0 radical (unpaired) electrons. The lowest BCUT2D eigenvalue weighted by Crippen LogP contribution is -2.52. The molecule has 0 saturated carbocycles. The molecule has 2 aromatic carbocycles. The summed E-state index contributed by atoms with van der Waals surface area (Å²) in [4.78, 5) is 31.1. The molecule has 0 bridgehead atoms. The van der Waals surface area contributed by atoms with Crippen molar-refractivity contribution in [2.45, 2.75) is 12.5 Å². The van der Waals surface area contributed by atoms with Crippen LogP contribution in [0.15, 0.2) is 40.9 Å². The lowest BCUT2D eigenvalue weighted by atomic mass is 10.1. The predicted octanol–water partition coefficient (Wildman–Crippen LogP) is 4.86. The third kappa shape index (κ3) is 4.14. The van der Waals surface area contributed by atoms with Gasteiger partial charge in [0.2, 0.25) is 5.91 Å². The Bertz CT molecular complexity index is 979. The maximum atomic E-state index is 13.0. The van der Waals surface area contributed by atoms with Crippen LogP contribution < -0.4 is 9.80 Å². The number of nitrogens with zero attached hydrogens (tertiary/aromatic N) is 3. The van der Waals surface area contributed by atoms with Crippen molar-refractivity contribution in [3.8, 4) is 0 Å². The van der Waals surface area contributed by atoms with Gasteiger partial charge in [0.05, 0.1) is 33.2 Å². The highest BCUT2D eigenvalue weighted by atomic mass is 79.9. The van der Waals surface area contributed by atoms with Gasteiger partial charge in [-0.2, -0.15) is 0 Å². The van der Waals surface area contributed by atoms with E-state index < -0.39 is 6.04 Å². The number of benzene rings is 2. The summed E-state index contributed by atoms with van der Waals surface area (Å²) in [5.41, 5.74) is 1.50. The van der Waals surface area contributed by atoms with Gasteiger partial charge in [-0.1, -0.05) is 34.8 Å². The van der Waals surface area contributed by atoms with E-state index in [9.17, 15) is 9.59 Å². The Morgan fingerprint density at radius 1 is 0.828 bits per heavy atom. The Kier molecular flexibility index (Phi) is 6.09. The number of carbonyl (C=O) groups excluding carboxylic acids is 2. The van der Waals surface area contributed by atoms with Crippen LogP contribution in [0.5, 0.6) is 0 Å². The van der Waals surface area contributed by atoms with Gasteiger partial charge in [-0.05, 0) is 52.3 Å². The second kappa shape index (κ2) is 8.44. The van der Waals surface area contributed by atoms with Gasteiger partial charge in [-0.25, -0.2) is 4.90 Å². The van der Waals surface area contributed by atoms with Crippen LogP contribution in [-0.4, -0.2) is 48.9 Å². The number of rotatable bonds is 3. The molecule has 29 heavy (non-hydrogen) atoms. The molecule has 2 aromatic rings. The second-order valence-corrected chi connectivity index (χ2v) is 9.08.